The third-order valence-electron chi connectivity index (χ3n) is 4.63. The highest BCUT2D eigenvalue weighted by Crippen LogP contribution is 2.30. The van der Waals surface area contributed by atoms with E-state index in [9.17, 15) is 28.0 Å². The number of aromatic nitrogens is 2. The van der Waals surface area contributed by atoms with E-state index in [2.05, 4.69) is 5.10 Å². The molecule has 6 nitrogen and oxygen atoms in total. The lowest BCUT2D eigenvalue weighted by Gasteiger charge is -2.28. The molecule has 1 aromatic heterocycles. The predicted molar refractivity (Wildman–Crippen MR) is 90.4 cm³/mol. The van der Waals surface area contributed by atoms with Gasteiger partial charge in [-0.3, -0.25) is 14.3 Å². The lowest BCUT2D eigenvalue weighted by molar-refractivity contribution is -0.141. The second kappa shape index (κ2) is 7.55. The summed E-state index contributed by atoms with van der Waals surface area (Å²) in [6.07, 6.45) is -1.93. The molecule has 0 radical (unpaired) electrons. The smallest absolute Gasteiger partial charge is 0.337 e. The number of carbonyl (C=O) groups is 2. The molecule has 0 atom stereocenters. The molecule has 0 saturated heterocycles. The number of alkyl halides is 3. The third kappa shape index (κ3) is 4.56. The normalized spacial score (nSPS) is 20.6. The molecule has 0 saturated carbocycles. The lowest BCUT2D eigenvalue weighted by Crippen LogP contribution is -2.36. The SMILES string of the molecule is Cn1nc(C(F)(F)F)cc1C(=O)N1CC/C=C(/C#N)C(=O)C(C)(C)CCC1. The molecule has 0 spiro atoms. The quantitative estimate of drug-likeness (QED) is 0.748. The molecular weight excluding hydrogens is 361 g/mol. The van der Waals surface area contributed by atoms with Gasteiger partial charge in [0.1, 0.15) is 11.8 Å². The van der Waals surface area contributed by atoms with E-state index >= 15 is 0 Å². The van der Waals surface area contributed by atoms with Crippen molar-refractivity contribution < 1.29 is 22.8 Å². The highest BCUT2D eigenvalue weighted by Gasteiger charge is 2.36. The van der Waals surface area contributed by atoms with Crippen LogP contribution in [0.3, 0.4) is 0 Å². The van der Waals surface area contributed by atoms with E-state index in [-0.39, 0.29) is 30.0 Å². The van der Waals surface area contributed by atoms with Crippen LogP contribution in [0.25, 0.3) is 0 Å². The lowest BCUT2D eigenvalue weighted by atomic mass is 9.80. The second-order valence-corrected chi connectivity index (χ2v) is 7.16. The Labute approximate surface area is 155 Å². The number of aryl methyl sites for hydroxylation is 1. The first-order valence-corrected chi connectivity index (χ1v) is 8.53. The molecule has 27 heavy (non-hydrogen) atoms. The number of halogens is 3. The van der Waals surface area contributed by atoms with Gasteiger partial charge in [0.2, 0.25) is 0 Å². The minimum absolute atomic E-state index is 0.0502. The Morgan fingerprint density at radius 3 is 2.56 bits per heavy atom. The number of nitrogens with zero attached hydrogens (tertiary/aromatic N) is 4. The van der Waals surface area contributed by atoms with Gasteiger partial charge >= 0.3 is 6.18 Å². The number of Topliss-reactive ketones (excluding diaryl/α,β-unsaturated/α-hetero) is 1. The number of allylic oxidation sites excluding steroid dienone is 1. The highest BCUT2D eigenvalue weighted by molar-refractivity contribution is 6.02. The van der Waals surface area contributed by atoms with Crippen LogP contribution >= 0.6 is 0 Å². The predicted octanol–water partition coefficient (Wildman–Crippen LogP) is 3.11. The van der Waals surface area contributed by atoms with Gasteiger partial charge in [-0.15, -0.1) is 0 Å². The van der Waals surface area contributed by atoms with E-state index in [1.54, 1.807) is 13.8 Å². The zero-order valence-corrected chi connectivity index (χ0v) is 15.4. The molecule has 1 aliphatic rings. The van der Waals surface area contributed by atoms with E-state index < -0.39 is 23.2 Å². The maximum Gasteiger partial charge on any atom is 0.435 e. The summed E-state index contributed by atoms with van der Waals surface area (Å²) < 4.78 is 39.4. The molecule has 0 aliphatic carbocycles. The third-order valence-corrected chi connectivity index (χ3v) is 4.63. The van der Waals surface area contributed by atoms with Gasteiger partial charge in [0.15, 0.2) is 11.5 Å². The van der Waals surface area contributed by atoms with E-state index in [4.69, 9.17) is 0 Å². The summed E-state index contributed by atoms with van der Waals surface area (Å²) in [5, 5.41) is 12.6. The largest absolute Gasteiger partial charge is 0.435 e. The van der Waals surface area contributed by atoms with Crippen molar-refractivity contribution in [3.8, 4) is 6.07 Å². The number of rotatable bonds is 1. The molecule has 2 heterocycles. The van der Waals surface area contributed by atoms with Crippen molar-refractivity contribution in [2.45, 2.75) is 39.3 Å². The summed E-state index contributed by atoms with van der Waals surface area (Å²) in [6.45, 7) is 3.98. The van der Waals surface area contributed by atoms with Crippen LogP contribution in [0, 0.1) is 16.7 Å². The van der Waals surface area contributed by atoms with Gasteiger partial charge in [0.05, 0.1) is 5.57 Å². The van der Waals surface area contributed by atoms with Crippen molar-refractivity contribution in [2.24, 2.45) is 12.5 Å². The number of carbonyl (C=O) groups excluding carboxylic acids is 2. The molecular formula is C18H21F3N4O2. The minimum Gasteiger partial charge on any atom is -0.337 e. The second-order valence-electron chi connectivity index (χ2n) is 7.16. The Kier molecular flexibility index (Phi) is 5.78. The van der Waals surface area contributed by atoms with Crippen molar-refractivity contribution in [3.63, 3.8) is 0 Å². The van der Waals surface area contributed by atoms with Crippen LogP contribution in [0.15, 0.2) is 17.7 Å². The van der Waals surface area contributed by atoms with E-state index in [0.717, 1.165) is 10.7 Å². The maximum atomic E-state index is 12.8. The zero-order chi connectivity index (χ0) is 20.4. The molecule has 1 aliphatic heterocycles. The van der Waals surface area contributed by atoms with Crippen molar-refractivity contribution >= 4 is 11.7 Å². The molecule has 1 amide bonds. The first-order chi connectivity index (χ1) is 12.5. The molecule has 0 fully saturated rings. The fourth-order valence-electron chi connectivity index (χ4n) is 3.03. The van der Waals surface area contributed by atoms with Crippen LogP contribution in [-0.4, -0.2) is 39.5 Å². The number of hydrogen-bond donors (Lipinski definition) is 0. The van der Waals surface area contributed by atoms with Gasteiger partial charge in [-0.05, 0) is 19.3 Å². The van der Waals surface area contributed by atoms with Gasteiger partial charge in [-0.25, -0.2) is 0 Å². The van der Waals surface area contributed by atoms with Gasteiger partial charge in [-0.1, -0.05) is 19.9 Å². The Bertz CT molecular complexity index is 816. The number of amides is 1. The molecule has 0 unspecified atom stereocenters. The van der Waals surface area contributed by atoms with Crippen LogP contribution in [0.4, 0.5) is 13.2 Å². The van der Waals surface area contributed by atoms with Crippen LogP contribution in [0.2, 0.25) is 0 Å². The van der Waals surface area contributed by atoms with Gasteiger partial charge in [0, 0.05) is 31.6 Å². The van der Waals surface area contributed by atoms with Crippen LogP contribution in [0.1, 0.15) is 49.3 Å². The van der Waals surface area contributed by atoms with Crippen molar-refractivity contribution in [1.82, 2.24) is 14.7 Å². The standard InChI is InChI=1S/C18H21F3N4O2/c1-17(2)7-5-9-25(8-4-6-12(11-22)15(17)26)16(27)13-10-14(18(19,20)21)23-24(13)3/h6,10H,4-5,7-9H2,1-3H3/b12-6-. The summed E-state index contributed by atoms with van der Waals surface area (Å²) >= 11 is 0. The fourth-order valence-corrected chi connectivity index (χ4v) is 3.03. The topological polar surface area (TPSA) is 79.0 Å². The molecule has 9 heteroatoms. The fraction of sp³-hybridized carbons (Fsp3) is 0.556. The highest BCUT2D eigenvalue weighted by atomic mass is 19.4. The number of ketones is 1. The van der Waals surface area contributed by atoms with Crippen molar-refractivity contribution in [3.05, 3.63) is 29.1 Å². The minimum atomic E-state index is -4.63. The van der Waals surface area contributed by atoms with Crippen LogP contribution < -0.4 is 0 Å². The molecule has 0 bridgehead atoms. The zero-order valence-electron chi connectivity index (χ0n) is 15.4. The Morgan fingerprint density at radius 2 is 2.00 bits per heavy atom. The monoisotopic (exact) mass is 382 g/mol. The summed E-state index contributed by atoms with van der Waals surface area (Å²) in [4.78, 5) is 26.6. The Morgan fingerprint density at radius 1 is 1.33 bits per heavy atom. The van der Waals surface area contributed by atoms with Crippen molar-refractivity contribution in [2.75, 3.05) is 13.1 Å². The average molecular weight is 382 g/mol. The van der Waals surface area contributed by atoms with Crippen LogP contribution in [0.5, 0.6) is 0 Å². The first-order valence-electron chi connectivity index (χ1n) is 8.53. The summed E-state index contributed by atoms with van der Waals surface area (Å²) in [7, 11) is 1.29. The first kappa shape index (κ1) is 20.7. The van der Waals surface area contributed by atoms with Gasteiger partial charge in [-0.2, -0.15) is 23.5 Å². The molecule has 0 aromatic carbocycles. The summed E-state index contributed by atoms with van der Waals surface area (Å²) in [5.74, 6) is -0.789. The number of nitriles is 1. The maximum absolute atomic E-state index is 12.8. The van der Waals surface area contributed by atoms with E-state index in [1.807, 2.05) is 6.07 Å². The average Bonchev–Trinajstić information content (AvgIpc) is 2.97. The van der Waals surface area contributed by atoms with E-state index in [1.165, 1.54) is 18.0 Å². The Balaban J connectivity index is 2.27. The molecule has 146 valence electrons. The summed E-state index contributed by atoms with van der Waals surface area (Å²) in [6, 6.07) is 2.64. The van der Waals surface area contributed by atoms with Crippen LogP contribution in [-0.2, 0) is 18.0 Å². The summed E-state index contributed by atoms with van der Waals surface area (Å²) in [5.41, 5.74) is -1.97. The van der Waals surface area contributed by atoms with Crippen molar-refractivity contribution in [1.29, 1.82) is 5.26 Å². The Hall–Kier alpha value is -2.63. The molecule has 0 N–H and O–H groups in total. The van der Waals surface area contributed by atoms with E-state index in [0.29, 0.717) is 19.4 Å². The van der Waals surface area contributed by atoms with Gasteiger partial charge in [0.25, 0.3) is 5.91 Å². The molecule has 1 aromatic rings. The molecule has 2 rings (SSSR count). The number of hydrogen-bond acceptors (Lipinski definition) is 4. The van der Waals surface area contributed by atoms with Gasteiger partial charge < -0.3 is 4.90 Å².